The molecule has 0 spiro atoms. The Hall–Kier alpha value is -1.74. The summed E-state index contributed by atoms with van der Waals surface area (Å²) in [5.41, 5.74) is 3.58. The van der Waals surface area contributed by atoms with Crippen LogP contribution in [0.3, 0.4) is 0 Å². The molecule has 0 saturated heterocycles. The van der Waals surface area contributed by atoms with Gasteiger partial charge in [0.05, 0.1) is 30.1 Å². The van der Waals surface area contributed by atoms with E-state index >= 15 is 0 Å². The molecule has 3 nitrogen and oxygen atoms in total. The highest BCUT2D eigenvalue weighted by molar-refractivity contribution is 6.33. The van der Waals surface area contributed by atoms with Crippen LogP contribution in [0.25, 0.3) is 0 Å². The van der Waals surface area contributed by atoms with Gasteiger partial charge in [0.25, 0.3) is 0 Å². The molecule has 1 N–H and O–H groups in total. The van der Waals surface area contributed by atoms with Gasteiger partial charge in [0.15, 0.2) is 0 Å². The lowest BCUT2D eigenvalue weighted by Crippen LogP contribution is -2.17. The molecule has 104 valence electrons. The highest BCUT2D eigenvalue weighted by Crippen LogP contribution is 2.35. The lowest BCUT2D eigenvalue weighted by atomic mass is 9.87. The average Bonchev–Trinajstić information content (AvgIpc) is 2.49. The standard InChI is InChI=1S/C16H17ClN2O/c1-20-12-5-6-13-11(9-12)3-2-4-15(13)19-16-10-18-8-7-14(16)17/h5-10,15,19H,2-4H2,1H3. The second kappa shape index (κ2) is 5.71. The Morgan fingerprint density at radius 3 is 3.05 bits per heavy atom. The number of benzene rings is 1. The molecule has 4 heteroatoms. The van der Waals surface area contributed by atoms with Crippen molar-refractivity contribution < 1.29 is 4.74 Å². The number of aromatic nitrogens is 1. The molecule has 1 heterocycles. The molecular formula is C16H17ClN2O. The van der Waals surface area contributed by atoms with E-state index in [1.54, 1.807) is 19.5 Å². The Morgan fingerprint density at radius 2 is 2.25 bits per heavy atom. The molecule has 2 aromatic rings. The van der Waals surface area contributed by atoms with Crippen molar-refractivity contribution in [3.63, 3.8) is 0 Å². The zero-order valence-corrected chi connectivity index (χ0v) is 12.2. The minimum Gasteiger partial charge on any atom is -0.497 e. The van der Waals surface area contributed by atoms with E-state index in [-0.39, 0.29) is 6.04 Å². The van der Waals surface area contributed by atoms with Crippen molar-refractivity contribution >= 4 is 17.3 Å². The third-order valence-electron chi connectivity index (χ3n) is 3.76. The van der Waals surface area contributed by atoms with Gasteiger partial charge in [-0.2, -0.15) is 0 Å². The zero-order valence-electron chi connectivity index (χ0n) is 11.4. The van der Waals surface area contributed by atoms with Crippen LogP contribution in [0.15, 0.2) is 36.7 Å². The van der Waals surface area contributed by atoms with E-state index in [2.05, 4.69) is 22.4 Å². The fraction of sp³-hybridized carbons (Fsp3) is 0.312. The lowest BCUT2D eigenvalue weighted by Gasteiger charge is -2.27. The monoisotopic (exact) mass is 288 g/mol. The van der Waals surface area contributed by atoms with Crippen LogP contribution in [0, 0.1) is 0 Å². The lowest BCUT2D eigenvalue weighted by molar-refractivity contribution is 0.413. The van der Waals surface area contributed by atoms with Crippen LogP contribution in [0.4, 0.5) is 5.69 Å². The predicted octanol–water partition coefficient (Wildman–Crippen LogP) is 4.23. The summed E-state index contributed by atoms with van der Waals surface area (Å²) in [6.07, 6.45) is 6.85. The largest absolute Gasteiger partial charge is 0.497 e. The number of rotatable bonds is 3. The van der Waals surface area contributed by atoms with E-state index in [1.807, 2.05) is 12.1 Å². The van der Waals surface area contributed by atoms with Crippen LogP contribution >= 0.6 is 11.6 Å². The number of fused-ring (bicyclic) bond motifs is 1. The molecule has 0 saturated carbocycles. The summed E-state index contributed by atoms with van der Waals surface area (Å²) in [6, 6.07) is 8.39. The van der Waals surface area contributed by atoms with Crippen LogP contribution in [0.5, 0.6) is 5.75 Å². The minimum absolute atomic E-state index is 0.284. The maximum absolute atomic E-state index is 6.20. The first-order valence-corrected chi connectivity index (χ1v) is 7.18. The number of ether oxygens (including phenoxy) is 1. The second-order valence-corrected chi connectivity index (χ2v) is 5.42. The summed E-state index contributed by atoms with van der Waals surface area (Å²) in [4.78, 5) is 4.13. The van der Waals surface area contributed by atoms with Crippen LogP contribution in [0.1, 0.15) is 30.0 Å². The van der Waals surface area contributed by atoms with Gasteiger partial charge in [0, 0.05) is 6.20 Å². The number of anilines is 1. The maximum Gasteiger partial charge on any atom is 0.119 e. The summed E-state index contributed by atoms with van der Waals surface area (Å²) in [7, 11) is 1.70. The number of halogens is 1. The Labute approximate surface area is 123 Å². The summed E-state index contributed by atoms with van der Waals surface area (Å²) < 4.78 is 5.30. The third-order valence-corrected chi connectivity index (χ3v) is 4.09. The number of methoxy groups -OCH3 is 1. The summed E-state index contributed by atoms with van der Waals surface area (Å²) in [6.45, 7) is 0. The van der Waals surface area contributed by atoms with E-state index in [4.69, 9.17) is 16.3 Å². The van der Waals surface area contributed by atoms with Gasteiger partial charge in [-0.1, -0.05) is 17.7 Å². The van der Waals surface area contributed by atoms with Crippen LogP contribution < -0.4 is 10.1 Å². The van der Waals surface area contributed by atoms with E-state index in [9.17, 15) is 0 Å². The highest BCUT2D eigenvalue weighted by Gasteiger charge is 2.21. The molecule has 1 aliphatic rings. The number of nitrogens with zero attached hydrogens (tertiary/aromatic N) is 1. The number of pyridine rings is 1. The van der Waals surface area contributed by atoms with Gasteiger partial charge < -0.3 is 10.1 Å². The molecule has 1 unspecified atom stereocenters. The Kier molecular flexibility index (Phi) is 3.79. The van der Waals surface area contributed by atoms with Crippen molar-refractivity contribution in [3.8, 4) is 5.75 Å². The molecule has 20 heavy (non-hydrogen) atoms. The van der Waals surface area contributed by atoms with Crippen molar-refractivity contribution in [2.24, 2.45) is 0 Å². The van der Waals surface area contributed by atoms with Crippen LogP contribution in [0.2, 0.25) is 5.02 Å². The normalized spacial score (nSPS) is 17.4. The highest BCUT2D eigenvalue weighted by atomic mass is 35.5. The maximum atomic E-state index is 6.20. The Morgan fingerprint density at radius 1 is 1.35 bits per heavy atom. The molecule has 1 aromatic carbocycles. The van der Waals surface area contributed by atoms with Crippen molar-refractivity contribution in [2.45, 2.75) is 25.3 Å². The van der Waals surface area contributed by atoms with Crippen LogP contribution in [-0.4, -0.2) is 12.1 Å². The van der Waals surface area contributed by atoms with Gasteiger partial charge in [-0.25, -0.2) is 0 Å². The van der Waals surface area contributed by atoms with Gasteiger partial charge in [0.1, 0.15) is 5.75 Å². The predicted molar refractivity (Wildman–Crippen MR) is 81.5 cm³/mol. The fourth-order valence-electron chi connectivity index (χ4n) is 2.74. The number of hydrogen-bond donors (Lipinski definition) is 1. The van der Waals surface area contributed by atoms with Crippen molar-refractivity contribution in [1.82, 2.24) is 4.98 Å². The zero-order chi connectivity index (χ0) is 13.9. The summed E-state index contributed by atoms with van der Waals surface area (Å²) >= 11 is 6.20. The molecular weight excluding hydrogens is 272 g/mol. The number of hydrogen-bond acceptors (Lipinski definition) is 3. The molecule has 0 amide bonds. The quantitative estimate of drug-likeness (QED) is 0.917. The van der Waals surface area contributed by atoms with Crippen molar-refractivity contribution in [2.75, 3.05) is 12.4 Å². The molecule has 1 aliphatic carbocycles. The smallest absolute Gasteiger partial charge is 0.119 e. The molecule has 3 rings (SSSR count). The van der Waals surface area contributed by atoms with Crippen molar-refractivity contribution in [1.29, 1.82) is 0 Å². The topological polar surface area (TPSA) is 34.1 Å². The molecule has 0 fully saturated rings. The second-order valence-electron chi connectivity index (χ2n) is 5.01. The van der Waals surface area contributed by atoms with Gasteiger partial charge in [0.2, 0.25) is 0 Å². The first kappa shape index (κ1) is 13.3. The molecule has 1 atom stereocenters. The van der Waals surface area contributed by atoms with E-state index in [0.717, 1.165) is 30.7 Å². The molecule has 0 bridgehead atoms. The first-order chi connectivity index (χ1) is 9.78. The van der Waals surface area contributed by atoms with Gasteiger partial charge >= 0.3 is 0 Å². The van der Waals surface area contributed by atoms with E-state index in [1.165, 1.54) is 11.1 Å². The van der Waals surface area contributed by atoms with Crippen molar-refractivity contribution in [3.05, 3.63) is 52.8 Å². The van der Waals surface area contributed by atoms with Crippen LogP contribution in [-0.2, 0) is 6.42 Å². The number of aryl methyl sites for hydroxylation is 1. The Balaban J connectivity index is 1.88. The third kappa shape index (κ3) is 2.59. The molecule has 1 aromatic heterocycles. The van der Waals surface area contributed by atoms with Gasteiger partial charge in [-0.3, -0.25) is 4.98 Å². The summed E-state index contributed by atoms with van der Waals surface area (Å²) in [5, 5.41) is 4.22. The van der Waals surface area contributed by atoms with E-state index < -0.39 is 0 Å². The average molecular weight is 289 g/mol. The first-order valence-electron chi connectivity index (χ1n) is 6.81. The summed E-state index contributed by atoms with van der Waals surface area (Å²) in [5.74, 6) is 0.920. The SMILES string of the molecule is COc1ccc2c(c1)CCCC2Nc1cnccc1Cl. The minimum atomic E-state index is 0.284. The van der Waals surface area contributed by atoms with Gasteiger partial charge in [-0.05, 0) is 48.6 Å². The Bertz CT molecular complexity index is 615. The van der Waals surface area contributed by atoms with Gasteiger partial charge in [-0.15, -0.1) is 0 Å². The molecule has 0 radical (unpaired) electrons. The van der Waals surface area contributed by atoms with E-state index in [0.29, 0.717) is 5.02 Å². The number of nitrogens with one attached hydrogen (secondary N) is 1. The fourth-order valence-corrected chi connectivity index (χ4v) is 2.90. The molecule has 0 aliphatic heterocycles.